The van der Waals surface area contributed by atoms with E-state index >= 15 is 0 Å². The molecule has 0 aliphatic rings. The molecule has 4 nitrogen and oxygen atoms in total. The molecule has 4 rings (SSSR count). The van der Waals surface area contributed by atoms with Gasteiger partial charge in [-0.15, -0.1) is 0 Å². The molecule has 1 N–H and O–H groups in total. The second-order valence-corrected chi connectivity index (χ2v) is 8.31. The van der Waals surface area contributed by atoms with Crippen LogP contribution in [0, 0.1) is 12.7 Å². The van der Waals surface area contributed by atoms with Gasteiger partial charge in [0.05, 0.1) is 11.9 Å². The topological polar surface area (TPSA) is 51.5 Å². The van der Waals surface area contributed by atoms with E-state index in [4.69, 9.17) is 4.74 Å². The van der Waals surface area contributed by atoms with Crippen LogP contribution in [0.15, 0.2) is 66.7 Å². The number of halogens is 1. The molecule has 1 heterocycles. The minimum absolute atomic E-state index is 0.0656. The van der Waals surface area contributed by atoms with Gasteiger partial charge in [0.15, 0.2) is 0 Å². The smallest absolute Gasteiger partial charge is 0.307 e. The molecule has 0 spiro atoms. The minimum Gasteiger partial charge on any atom is -0.489 e. The Balaban J connectivity index is 1.87. The third kappa shape index (κ3) is 4.24. The fraction of sp³-hybridized carbons (Fsp3) is 0.222. The fourth-order valence-electron chi connectivity index (χ4n) is 4.18. The van der Waals surface area contributed by atoms with E-state index in [1.54, 1.807) is 19.1 Å². The molecule has 32 heavy (non-hydrogen) atoms. The highest BCUT2D eigenvalue weighted by Gasteiger charge is 2.23. The van der Waals surface area contributed by atoms with Crippen molar-refractivity contribution < 1.29 is 19.0 Å². The second kappa shape index (κ2) is 8.87. The molecule has 1 aromatic heterocycles. The Morgan fingerprint density at radius 3 is 2.47 bits per heavy atom. The van der Waals surface area contributed by atoms with E-state index in [2.05, 4.69) is 0 Å². The standard InChI is InChI=1S/C27H26FNO3/c1-17(2)27-23(15-26(30)31)22-14-21(32-16-19-7-5-4-6-8-19)10-12-25(22)29(27)20-9-11-24(28)18(3)13-20/h4-14,17H,15-16H2,1-3H3,(H,30,31). The first kappa shape index (κ1) is 21.6. The zero-order chi connectivity index (χ0) is 22.8. The Labute approximate surface area is 186 Å². The highest BCUT2D eigenvalue weighted by molar-refractivity contribution is 5.91. The zero-order valence-electron chi connectivity index (χ0n) is 18.4. The largest absolute Gasteiger partial charge is 0.489 e. The number of carboxylic acid groups (broad SMARTS) is 1. The normalized spacial score (nSPS) is 11.3. The fourth-order valence-corrected chi connectivity index (χ4v) is 4.18. The summed E-state index contributed by atoms with van der Waals surface area (Å²) in [5.41, 5.74) is 4.96. The van der Waals surface area contributed by atoms with Gasteiger partial charge in [0.25, 0.3) is 0 Å². The van der Waals surface area contributed by atoms with Crippen LogP contribution < -0.4 is 4.74 Å². The molecule has 164 valence electrons. The number of carboxylic acids is 1. The lowest BCUT2D eigenvalue weighted by Gasteiger charge is -2.16. The second-order valence-electron chi connectivity index (χ2n) is 8.31. The average molecular weight is 432 g/mol. The molecular weight excluding hydrogens is 405 g/mol. The predicted octanol–water partition coefficient (Wildman–Crippen LogP) is 6.41. The van der Waals surface area contributed by atoms with Gasteiger partial charge in [0, 0.05) is 16.8 Å². The third-order valence-corrected chi connectivity index (χ3v) is 5.61. The van der Waals surface area contributed by atoms with Gasteiger partial charge >= 0.3 is 5.97 Å². The van der Waals surface area contributed by atoms with Crippen LogP contribution in [-0.2, 0) is 17.8 Å². The van der Waals surface area contributed by atoms with E-state index in [1.165, 1.54) is 6.07 Å². The van der Waals surface area contributed by atoms with Gasteiger partial charge in [0.2, 0.25) is 0 Å². The molecule has 5 heteroatoms. The first-order valence-electron chi connectivity index (χ1n) is 10.7. The molecule has 0 aliphatic heterocycles. The molecule has 0 atom stereocenters. The van der Waals surface area contributed by atoms with Gasteiger partial charge in [-0.3, -0.25) is 4.79 Å². The van der Waals surface area contributed by atoms with Crippen molar-refractivity contribution >= 4 is 16.9 Å². The average Bonchev–Trinajstić information content (AvgIpc) is 3.08. The molecule has 0 fully saturated rings. The number of nitrogens with zero attached hydrogens (tertiary/aromatic N) is 1. The number of fused-ring (bicyclic) bond motifs is 1. The van der Waals surface area contributed by atoms with Gasteiger partial charge in [-0.1, -0.05) is 44.2 Å². The van der Waals surface area contributed by atoms with E-state index < -0.39 is 5.97 Å². The number of hydrogen-bond acceptors (Lipinski definition) is 2. The SMILES string of the molecule is Cc1cc(-n2c(C(C)C)c(CC(=O)O)c3cc(OCc4ccccc4)ccc32)ccc1F. The van der Waals surface area contributed by atoms with Gasteiger partial charge in [-0.25, -0.2) is 4.39 Å². The number of ether oxygens (including phenoxy) is 1. The Morgan fingerprint density at radius 1 is 1.06 bits per heavy atom. The number of hydrogen-bond donors (Lipinski definition) is 1. The summed E-state index contributed by atoms with van der Waals surface area (Å²) in [5.74, 6) is -0.415. The summed E-state index contributed by atoms with van der Waals surface area (Å²) >= 11 is 0. The number of aromatic nitrogens is 1. The van der Waals surface area contributed by atoms with Crippen molar-refractivity contribution in [2.75, 3.05) is 0 Å². The molecule has 4 aromatic rings. The summed E-state index contributed by atoms with van der Waals surface area (Å²) in [6.07, 6.45) is -0.0979. The van der Waals surface area contributed by atoms with Crippen LogP contribution in [0.3, 0.4) is 0 Å². The van der Waals surface area contributed by atoms with Crippen molar-refractivity contribution in [2.45, 2.75) is 39.7 Å². The molecule has 0 amide bonds. The summed E-state index contributed by atoms with van der Waals surface area (Å²) in [4.78, 5) is 11.7. The van der Waals surface area contributed by atoms with Crippen molar-refractivity contribution in [1.82, 2.24) is 4.57 Å². The van der Waals surface area contributed by atoms with Crippen LogP contribution in [-0.4, -0.2) is 15.6 Å². The molecule has 0 radical (unpaired) electrons. The van der Waals surface area contributed by atoms with Crippen molar-refractivity contribution in [1.29, 1.82) is 0 Å². The Hall–Kier alpha value is -3.60. The summed E-state index contributed by atoms with van der Waals surface area (Å²) in [6, 6.07) is 20.6. The summed E-state index contributed by atoms with van der Waals surface area (Å²) in [7, 11) is 0. The van der Waals surface area contributed by atoms with E-state index in [-0.39, 0.29) is 18.2 Å². The van der Waals surface area contributed by atoms with Crippen LogP contribution in [0.25, 0.3) is 16.6 Å². The monoisotopic (exact) mass is 431 g/mol. The maximum absolute atomic E-state index is 13.9. The molecule has 0 aliphatic carbocycles. The Morgan fingerprint density at radius 2 is 1.81 bits per heavy atom. The van der Waals surface area contributed by atoms with Crippen molar-refractivity contribution in [3.05, 3.63) is 94.9 Å². The van der Waals surface area contributed by atoms with E-state index in [1.807, 2.05) is 66.9 Å². The van der Waals surface area contributed by atoms with Crippen LogP contribution in [0.1, 0.15) is 42.1 Å². The van der Waals surface area contributed by atoms with E-state index in [9.17, 15) is 14.3 Å². The Bertz CT molecular complexity index is 1280. The van der Waals surface area contributed by atoms with Gasteiger partial charge in [0.1, 0.15) is 18.2 Å². The van der Waals surface area contributed by atoms with Crippen LogP contribution in [0.5, 0.6) is 5.75 Å². The number of carbonyl (C=O) groups is 1. The number of aryl methyl sites for hydroxylation is 1. The van der Waals surface area contributed by atoms with Gasteiger partial charge in [-0.05, 0) is 65.9 Å². The Kier molecular flexibility index (Phi) is 5.99. The summed E-state index contributed by atoms with van der Waals surface area (Å²) in [6.45, 7) is 6.24. The number of aliphatic carboxylic acids is 1. The lowest BCUT2D eigenvalue weighted by Crippen LogP contribution is -2.08. The maximum atomic E-state index is 13.9. The maximum Gasteiger partial charge on any atom is 0.307 e. The van der Waals surface area contributed by atoms with Gasteiger partial charge in [-0.2, -0.15) is 0 Å². The molecule has 3 aromatic carbocycles. The predicted molar refractivity (Wildman–Crippen MR) is 124 cm³/mol. The van der Waals surface area contributed by atoms with Crippen molar-refractivity contribution in [3.8, 4) is 11.4 Å². The third-order valence-electron chi connectivity index (χ3n) is 5.61. The number of benzene rings is 3. The van der Waals surface area contributed by atoms with Crippen molar-refractivity contribution in [2.24, 2.45) is 0 Å². The minimum atomic E-state index is -0.892. The van der Waals surface area contributed by atoms with Crippen LogP contribution in [0.4, 0.5) is 4.39 Å². The lowest BCUT2D eigenvalue weighted by atomic mass is 10.0. The van der Waals surface area contributed by atoms with Crippen LogP contribution >= 0.6 is 0 Å². The highest BCUT2D eigenvalue weighted by atomic mass is 19.1. The van der Waals surface area contributed by atoms with E-state index in [0.717, 1.165) is 33.4 Å². The zero-order valence-corrected chi connectivity index (χ0v) is 18.4. The quantitative estimate of drug-likeness (QED) is 0.368. The molecule has 0 saturated heterocycles. The first-order valence-corrected chi connectivity index (χ1v) is 10.7. The summed E-state index contributed by atoms with van der Waals surface area (Å²) < 4.78 is 22.0. The molecule has 0 saturated carbocycles. The molecule has 0 bridgehead atoms. The van der Waals surface area contributed by atoms with Crippen LogP contribution in [0.2, 0.25) is 0 Å². The molecule has 0 unspecified atom stereocenters. The summed E-state index contributed by atoms with van der Waals surface area (Å²) in [5, 5.41) is 10.5. The van der Waals surface area contributed by atoms with Crippen molar-refractivity contribution in [3.63, 3.8) is 0 Å². The van der Waals surface area contributed by atoms with E-state index in [0.29, 0.717) is 17.9 Å². The lowest BCUT2D eigenvalue weighted by molar-refractivity contribution is -0.136. The first-order chi connectivity index (χ1) is 15.3. The highest BCUT2D eigenvalue weighted by Crippen LogP contribution is 2.37. The van der Waals surface area contributed by atoms with Gasteiger partial charge < -0.3 is 14.4 Å². The number of rotatable bonds is 7. The molecular formula is C27H26FNO3.